The van der Waals surface area contributed by atoms with E-state index in [2.05, 4.69) is 5.32 Å². The Bertz CT molecular complexity index is 654. The van der Waals surface area contributed by atoms with Crippen molar-refractivity contribution >= 4 is 17.5 Å². The van der Waals surface area contributed by atoms with Crippen LogP contribution in [0.1, 0.15) is 65.5 Å². The maximum atomic E-state index is 13.1. The minimum absolute atomic E-state index is 0.0274. The fourth-order valence-electron chi connectivity index (χ4n) is 4.58. The van der Waals surface area contributed by atoms with E-state index in [1.165, 1.54) is 0 Å². The lowest BCUT2D eigenvalue weighted by molar-refractivity contribution is -0.156. The van der Waals surface area contributed by atoms with Crippen LogP contribution >= 0.6 is 0 Å². The van der Waals surface area contributed by atoms with Crippen molar-refractivity contribution < 1.29 is 9.59 Å². The van der Waals surface area contributed by atoms with Crippen LogP contribution < -0.4 is 11.1 Å². The van der Waals surface area contributed by atoms with Crippen LogP contribution in [0, 0.1) is 0 Å². The van der Waals surface area contributed by atoms with E-state index in [9.17, 15) is 9.59 Å². The smallest absolute Gasteiger partial charge is 0.313 e. The molecule has 0 saturated carbocycles. The molecule has 0 spiro atoms. The number of carbonyl (C=O) groups excluding carboxylic acids is 2. The summed E-state index contributed by atoms with van der Waals surface area (Å²) < 4.78 is 0. The third-order valence-electron chi connectivity index (χ3n) is 5.37. The molecule has 1 saturated heterocycles. The molecule has 1 aliphatic heterocycles. The van der Waals surface area contributed by atoms with Gasteiger partial charge in [-0.2, -0.15) is 0 Å². The van der Waals surface area contributed by atoms with E-state index in [0.717, 1.165) is 29.7 Å². The summed E-state index contributed by atoms with van der Waals surface area (Å²) in [6.07, 6.45) is 2.96. The zero-order valence-corrected chi connectivity index (χ0v) is 17.0. The third-order valence-corrected chi connectivity index (χ3v) is 5.37. The van der Waals surface area contributed by atoms with Gasteiger partial charge < -0.3 is 16.0 Å². The third kappa shape index (κ3) is 3.93. The largest absolute Gasteiger partial charge is 0.328 e. The molecule has 2 rings (SSSR count). The lowest BCUT2D eigenvalue weighted by Crippen LogP contribution is -2.66. The van der Waals surface area contributed by atoms with E-state index >= 15 is 0 Å². The number of hydrogen-bond donors (Lipinski definition) is 2. The molecule has 1 aromatic rings. The van der Waals surface area contributed by atoms with Crippen molar-refractivity contribution in [2.45, 2.75) is 84.3 Å². The van der Waals surface area contributed by atoms with Gasteiger partial charge in [0.2, 0.25) is 0 Å². The van der Waals surface area contributed by atoms with Gasteiger partial charge in [0.15, 0.2) is 0 Å². The molecule has 1 fully saturated rings. The number of aryl methyl sites for hydroxylation is 2. The summed E-state index contributed by atoms with van der Waals surface area (Å²) in [6.45, 7) is 12.0. The molecule has 5 heteroatoms. The summed E-state index contributed by atoms with van der Waals surface area (Å²) in [5.41, 5.74) is 8.13. The lowest BCUT2D eigenvalue weighted by Gasteiger charge is -2.54. The van der Waals surface area contributed by atoms with Gasteiger partial charge in [-0.3, -0.25) is 9.59 Å². The number of amides is 2. The molecule has 5 nitrogen and oxygen atoms in total. The van der Waals surface area contributed by atoms with Crippen molar-refractivity contribution in [1.29, 1.82) is 0 Å². The minimum Gasteiger partial charge on any atom is -0.328 e. The first kappa shape index (κ1) is 20.4. The number of piperidine rings is 1. The van der Waals surface area contributed by atoms with Crippen LogP contribution in [0.5, 0.6) is 0 Å². The average Bonchev–Trinajstić information content (AvgIpc) is 2.51. The predicted molar refractivity (Wildman–Crippen MR) is 106 cm³/mol. The topological polar surface area (TPSA) is 75.4 Å². The van der Waals surface area contributed by atoms with Gasteiger partial charge in [0.05, 0.1) is 0 Å². The van der Waals surface area contributed by atoms with Gasteiger partial charge in [-0.15, -0.1) is 0 Å². The Morgan fingerprint density at radius 3 is 1.96 bits per heavy atom. The second kappa shape index (κ2) is 7.39. The zero-order valence-electron chi connectivity index (χ0n) is 17.0. The number of nitrogens with two attached hydrogens (primary N) is 1. The molecular weight excluding hydrogens is 326 g/mol. The van der Waals surface area contributed by atoms with Gasteiger partial charge in [-0.1, -0.05) is 32.0 Å². The van der Waals surface area contributed by atoms with Crippen molar-refractivity contribution in [3.8, 4) is 0 Å². The standard InChI is InChI=1S/C21H33N3O2/c1-7-14-10-9-11-15(8-2)17(14)23-18(25)19(26)24-20(3,4)12-16(22)13-21(24,5)6/h9-11,16H,7-8,12-13,22H2,1-6H3,(H,23,25). The van der Waals surface area contributed by atoms with E-state index in [1.54, 1.807) is 4.90 Å². The van der Waals surface area contributed by atoms with E-state index in [4.69, 9.17) is 5.73 Å². The van der Waals surface area contributed by atoms with E-state index in [1.807, 2.05) is 59.7 Å². The average molecular weight is 360 g/mol. The monoisotopic (exact) mass is 359 g/mol. The van der Waals surface area contributed by atoms with Crippen molar-refractivity contribution in [3.05, 3.63) is 29.3 Å². The van der Waals surface area contributed by atoms with Gasteiger partial charge in [0.25, 0.3) is 0 Å². The van der Waals surface area contributed by atoms with E-state index in [0.29, 0.717) is 12.8 Å². The fraction of sp³-hybridized carbons (Fsp3) is 0.619. The zero-order chi connectivity index (χ0) is 19.7. The molecule has 0 aromatic heterocycles. The summed E-state index contributed by atoms with van der Waals surface area (Å²) in [5.74, 6) is -1.06. The Balaban J connectivity index is 2.32. The van der Waals surface area contributed by atoms with Crippen molar-refractivity contribution in [2.75, 3.05) is 5.32 Å². The molecule has 1 aromatic carbocycles. The van der Waals surface area contributed by atoms with Gasteiger partial charge >= 0.3 is 11.8 Å². The predicted octanol–water partition coefficient (Wildman–Crippen LogP) is 3.26. The summed E-state index contributed by atoms with van der Waals surface area (Å²) >= 11 is 0. The molecule has 26 heavy (non-hydrogen) atoms. The molecule has 1 aliphatic rings. The van der Waals surface area contributed by atoms with Crippen LogP contribution in [0.15, 0.2) is 18.2 Å². The SMILES string of the molecule is CCc1cccc(CC)c1NC(=O)C(=O)N1C(C)(C)CC(N)CC1(C)C. The summed E-state index contributed by atoms with van der Waals surface area (Å²) in [4.78, 5) is 27.7. The molecular formula is C21H33N3O2. The van der Waals surface area contributed by atoms with Crippen LogP contribution in [0.3, 0.4) is 0 Å². The number of nitrogens with one attached hydrogen (secondary N) is 1. The van der Waals surface area contributed by atoms with E-state index < -0.39 is 22.9 Å². The molecule has 0 unspecified atom stereocenters. The first-order chi connectivity index (χ1) is 12.0. The number of hydrogen-bond acceptors (Lipinski definition) is 3. The molecule has 0 atom stereocenters. The number of rotatable bonds is 3. The molecule has 144 valence electrons. The molecule has 0 radical (unpaired) electrons. The minimum atomic E-state index is -0.572. The highest BCUT2D eigenvalue weighted by Crippen LogP contribution is 2.38. The number of para-hydroxylation sites is 1. The highest BCUT2D eigenvalue weighted by Gasteiger charge is 2.48. The quantitative estimate of drug-likeness (QED) is 0.814. The Morgan fingerprint density at radius 1 is 1.08 bits per heavy atom. The molecule has 0 aliphatic carbocycles. The molecule has 2 amide bonds. The van der Waals surface area contributed by atoms with Crippen LogP contribution in [-0.2, 0) is 22.4 Å². The number of anilines is 1. The van der Waals surface area contributed by atoms with Crippen LogP contribution in [-0.4, -0.2) is 33.8 Å². The number of carbonyl (C=O) groups is 2. The van der Waals surface area contributed by atoms with Crippen LogP contribution in [0.25, 0.3) is 0 Å². The van der Waals surface area contributed by atoms with Crippen LogP contribution in [0.4, 0.5) is 5.69 Å². The van der Waals surface area contributed by atoms with Crippen molar-refractivity contribution in [2.24, 2.45) is 5.73 Å². The maximum absolute atomic E-state index is 13.1. The number of nitrogens with zero attached hydrogens (tertiary/aromatic N) is 1. The second-order valence-corrected chi connectivity index (χ2v) is 8.55. The Hall–Kier alpha value is -1.88. The number of benzene rings is 1. The van der Waals surface area contributed by atoms with Gasteiger partial charge in [0, 0.05) is 22.8 Å². The summed E-state index contributed by atoms with van der Waals surface area (Å²) in [5, 5.41) is 2.90. The summed E-state index contributed by atoms with van der Waals surface area (Å²) in [7, 11) is 0. The number of likely N-dealkylation sites (tertiary alicyclic amines) is 1. The Kier molecular flexibility index (Phi) is 5.81. The summed E-state index contributed by atoms with van der Waals surface area (Å²) in [6, 6.07) is 6.01. The molecule has 3 N–H and O–H groups in total. The van der Waals surface area contributed by atoms with Gasteiger partial charge in [0.1, 0.15) is 0 Å². The maximum Gasteiger partial charge on any atom is 0.313 e. The van der Waals surface area contributed by atoms with Crippen molar-refractivity contribution in [3.63, 3.8) is 0 Å². The van der Waals surface area contributed by atoms with Gasteiger partial charge in [-0.25, -0.2) is 0 Å². The van der Waals surface area contributed by atoms with E-state index in [-0.39, 0.29) is 6.04 Å². The van der Waals surface area contributed by atoms with Crippen LogP contribution in [0.2, 0.25) is 0 Å². The Labute approximate surface area is 157 Å². The Morgan fingerprint density at radius 2 is 1.54 bits per heavy atom. The highest BCUT2D eigenvalue weighted by atomic mass is 16.2. The molecule has 0 bridgehead atoms. The first-order valence-corrected chi connectivity index (χ1v) is 9.55. The second-order valence-electron chi connectivity index (χ2n) is 8.55. The highest BCUT2D eigenvalue weighted by molar-refractivity contribution is 6.40. The first-order valence-electron chi connectivity index (χ1n) is 9.55. The van der Waals surface area contributed by atoms with Gasteiger partial charge in [-0.05, 0) is 64.5 Å². The lowest BCUT2D eigenvalue weighted by atomic mass is 9.77. The fourth-order valence-corrected chi connectivity index (χ4v) is 4.58. The molecule has 1 heterocycles. The van der Waals surface area contributed by atoms with Crippen molar-refractivity contribution in [1.82, 2.24) is 4.90 Å². The normalized spacial score (nSPS) is 19.3.